The second kappa shape index (κ2) is 7.09. The topological polar surface area (TPSA) is 62.7 Å². The van der Waals surface area contributed by atoms with Crippen LogP contribution in [0.5, 0.6) is 0 Å². The molecule has 4 heterocycles. The van der Waals surface area contributed by atoms with Crippen LogP contribution in [-0.2, 0) is 4.74 Å². The third kappa shape index (κ3) is 3.64. The van der Waals surface area contributed by atoms with Crippen molar-refractivity contribution in [3.05, 3.63) is 46.4 Å². The molecule has 27 heavy (non-hydrogen) atoms. The Morgan fingerprint density at radius 1 is 1.22 bits per heavy atom. The van der Waals surface area contributed by atoms with E-state index in [1.54, 1.807) is 23.5 Å². The number of pyridine rings is 1. The van der Waals surface area contributed by atoms with Crippen molar-refractivity contribution in [2.24, 2.45) is 0 Å². The van der Waals surface area contributed by atoms with Crippen molar-refractivity contribution in [1.82, 2.24) is 4.98 Å². The van der Waals surface area contributed by atoms with E-state index in [2.05, 4.69) is 30.9 Å². The van der Waals surface area contributed by atoms with Crippen LogP contribution < -0.4 is 4.90 Å². The normalized spacial score (nSPS) is 19.2. The van der Waals surface area contributed by atoms with Crippen molar-refractivity contribution in [3.8, 4) is 10.6 Å². The van der Waals surface area contributed by atoms with Crippen LogP contribution in [0, 0.1) is 6.92 Å². The summed E-state index contributed by atoms with van der Waals surface area (Å²) in [6, 6.07) is 7.59. The largest absolute Gasteiger partial charge is 0.478 e. The van der Waals surface area contributed by atoms with Gasteiger partial charge in [0.25, 0.3) is 0 Å². The Morgan fingerprint density at radius 2 is 2.00 bits per heavy atom. The number of piperidine rings is 1. The predicted octanol–water partition coefficient (Wildman–Crippen LogP) is 4.52. The summed E-state index contributed by atoms with van der Waals surface area (Å²) in [5, 5.41) is 9.64. The van der Waals surface area contributed by atoms with Crippen LogP contribution in [0.1, 0.15) is 41.4 Å². The molecule has 0 atom stereocenters. The van der Waals surface area contributed by atoms with Crippen LogP contribution in [0.3, 0.4) is 0 Å². The first-order chi connectivity index (χ1) is 13.0. The average Bonchev–Trinajstić information content (AvgIpc) is 3.08. The number of aromatic carboxylic acids is 1. The van der Waals surface area contributed by atoms with Crippen molar-refractivity contribution < 1.29 is 14.6 Å². The Balaban J connectivity index is 1.62. The van der Waals surface area contributed by atoms with Gasteiger partial charge in [0.15, 0.2) is 0 Å². The van der Waals surface area contributed by atoms with Crippen LogP contribution in [0.25, 0.3) is 10.6 Å². The minimum atomic E-state index is -0.934. The van der Waals surface area contributed by atoms with Crippen LogP contribution in [0.15, 0.2) is 35.9 Å². The maximum atomic E-state index is 11.8. The molecule has 1 spiro atoms. The first-order valence-electron chi connectivity index (χ1n) is 9.34. The molecule has 4 rings (SSSR count). The molecular weight excluding hydrogens is 360 g/mol. The van der Waals surface area contributed by atoms with Gasteiger partial charge in [-0.1, -0.05) is 11.6 Å². The summed E-state index contributed by atoms with van der Waals surface area (Å²) in [5.74, 6) is -0.367. The minimum absolute atomic E-state index is 0.190. The van der Waals surface area contributed by atoms with Gasteiger partial charge >= 0.3 is 5.97 Å². The molecule has 142 valence electrons. The van der Waals surface area contributed by atoms with E-state index in [4.69, 9.17) is 9.72 Å². The fraction of sp³-hybridized carbons (Fsp3) is 0.429. The summed E-state index contributed by atoms with van der Waals surface area (Å²) in [6.45, 7) is 6.47. The third-order valence-electron chi connectivity index (χ3n) is 5.40. The van der Waals surface area contributed by atoms with Crippen molar-refractivity contribution in [2.45, 2.75) is 38.7 Å². The predicted molar refractivity (Wildman–Crippen MR) is 108 cm³/mol. The van der Waals surface area contributed by atoms with E-state index < -0.39 is 5.97 Å². The fourth-order valence-electron chi connectivity index (χ4n) is 3.93. The zero-order chi connectivity index (χ0) is 19.0. The number of aromatic nitrogens is 1. The Kier molecular flexibility index (Phi) is 4.78. The second-order valence-electron chi connectivity index (χ2n) is 7.42. The molecule has 1 fully saturated rings. The van der Waals surface area contributed by atoms with Gasteiger partial charge in [-0.3, -0.25) is 0 Å². The monoisotopic (exact) mass is 384 g/mol. The zero-order valence-electron chi connectivity index (χ0n) is 15.7. The van der Waals surface area contributed by atoms with Gasteiger partial charge in [-0.2, -0.15) is 0 Å². The van der Waals surface area contributed by atoms with Crippen LogP contribution in [0.2, 0.25) is 0 Å². The number of hydrogen-bond donors (Lipinski definition) is 1. The fourth-order valence-corrected chi connectivity index (χ4v) is 4.77. The average molecular weight is 385 g/mol. The van der Waals surface area contributed by atoms with Gasteiger partial charge in [0.05, 0.1) is 22.8 Å². The maximum absolute atomic E-state index is 11.8. The van der Waals surface area contributed by atoms with Crippen LogP contribution in [0.4, 0.5) is 5.82 Å². The molecule has 5 nitrogen and oxygen atoms in total. The lowest BCUT2D eigenvalue weighted by atomic mass is 9.87. The van der Waals surface area contributed by atoms with E-state index in [1.807, 2.05) is 6.07 Å². The highest BCUT2D eigenvalue weighted by Gasteiger charge is 2.36. The van der Waals surface area contributed by atoms with E-state index in [1.165, 1.54) is 10.5 Å². The zero-order valence-corrected chi connectivity index (χ0v) is 16.5. The highest BCUT2D eigenvalue weighted by molar-refractivity contribution is 7.15. The molecular formula is C21H24N2O3S. The molecule has 6 heteroatoms. The quantitative estimate of drug-likeness (QED) is 0.788. The van der Waals surface area contributed by atoms with E-state index in [-0.39, 0.29) is 11.2 Å². The number of carboxylic acids is 1. The van der Waals surface area contributed by atoms with E-state index in [0.717, 1.165) is 49.5 Å². The van der Waals surface area contributed by atoms with E-state index >= 15 is 0 Å². The summed E-state index contributed by atoms with van der Waals surface area (Å²) in [4.78, 5) is 20.9. The van der Waals surface area contributed by atoms with Crippen LogP contribution in [-0.4, -0.2) is 41.4 Å². The lowest BCUT2D eigenvalue weighted by molar-refractivity contribution is -0.0326. The number of anilines is 1. The second-order valence-corrected chi connectivity index (χ2v) is 8.71. The Hall–Kier alpha value is -2.18. The van der Waals surface area contributed by atoms with E-state index in [0.29, 0.717) is 5.82 Å². The number of ether oxygens (including phenoxy) is 1. The lowest BCUT2D eigenvalue weighted by Gasteiger charge is -2.42. The van der Waals surface area contributed by atoms with Crippen molar-refractivity contribution >= 4 is 23.1 Å². The highest BCUT2D eigenvalue weighted by Crippen LogP contribution is 2.36. The molecule has 0 radical (unpaired) electrons. The molecule has 0 saturated carbocycles. The number of thiophene rings is 1. The molecule has 2 aromatic heterocycles. The molecule has 2 aliphatic rings. The van der Waals surface area contributed by atoms with Crippen LogP contribution >= 0.6 is 11.3 Å². The third-order valence-corrected chi connectivity index (χ3v) is 6.43. The summed E-state index contributed by atoms with van der Waals surface area (Å²) in [6.07, 6.45) is 4.98. The van der Waals surface area contributed by atoms with Gasteiger partial charge in [0, 0.05) is 18.0 Å². The number of aryl methyl sites for hydroxylation is 1. The van der Waals surface area contributed by atoms with Gasteiger partial charge in [0.1, 0.15) is 11.4 Å². The van der Waals surface area contributed by atoms with Gasteiger partial charge < -0.3 is 14.7 Å². The molecule has 0 bridgehead atoms. The standard InChI is InChI=1S/C21H24N2O3S/c1-14-7-12-26-21(13-14)8-10-23(11-9-21)19-16(20(24)25)4-5-17(22-19)18-6-3-15(2)27-18/h3-6,13H,7-12H2,1-2H3,(H,24,25). The summed E-state index contributed by atoms with van der Waals surface area (Å²) < 4.78 is 6.10. The molecule has 0 aliphatic carbocycles. The van der Waals surface area contributed by atoms with Gasteiger partial charge in [-0.05, 0) is 57.4 Å². The number of rotatable bonds is 3. The smallest absolute Gasteiger partial charge is 0.339 e. The first-order valence-corrected chi connectivity index (χ1v) is 10.2. The number of carbonyl (C=O) groups is 1. The summed E-state index contributed by atoms with van der Waals surface area (Å²) >= 11 is 1.67. The Morgan fingerprint density at radius 3 is 2.63 bits per heavy atom. The molecule has 2 aliphatic heterocycles. The van der Waals surface area contributed by atoms with Crippen molar-refractivity contribution in [2.75, 3.05) is 24.6 Å². The first kappa shape index (κ1) is 18.2. The molecule has 0 amide bonds. The van der Waals surface area contributed by atoms with Gasteiger partial charge in [-0.25, -0.2) is 9.78 Å². The Labute approximate surface area is 163 Å². The molecule has 1 N–H and O–H groups in total. The molecule has 0 unspecified atom stereocenters. The number of hydrogen-bond acceptors (Lipinski definition) is 5. The lowest BCUT2D eigenvalue weighted by Crippen LogP contribution is -2.47. The molecule has 1 saturated heterocycles. The van der Waals surface area contributed by atoms with Crippen molar-refractivity contribution in [3.63, 3.8) is 0 Å². The molecule has 2 aromatic rings. The highest BCUT2D eigenvalue weighted by atomic mass is 32.1. The summed E-state index contributed by atoms with van der Waals surface area (Å²) in [5.41, 5.74) is 2.29. The SMILES string of the molecule is CC1=CC2(CCN(c3nc(-c4ccc(C)s4)ccc3C(=O)O)CC2)OCC1. The van der Waals surface area contributed by atoms with Gasteiger partial charge in [0.2, 0.25) is 0 Å². The van der Waals surface area contributed by atoms with Crippen molar-refractivity contribution in [1.29, 1.82) is 0 Å². The van der Waals surface area contributed by atoms with E-state index in [9.17, 15) is 9.90 Å². The number of nitrogens with zero attached hydrogens (tertiary/aromatic N) is 2. The minimum Gasteiger partial charge on any atom is -0.478 e. The number of carboxylic acid groups (broad SMARTS) is 1. The Bertz CT molecular complexity index is 895. The maximum Gasteiger partial charge on any atom is 0.339 e. The van der Waals surface area contributed by atoms with Gasteiger partial charge in [-0.15, -0.1) is 11.3 Å². The summed E-state index contributed by atoms with van der Waals surface area (Å²) in [7, 11) is 0. The molecule has 0 aromatic carbocycles.